The third kappa shape index (κ3) is 4.28. The minimum atomic E-state index is -1.11. The average Bonchev–Trinajstić information content (AvgIpc) is 3.65. The predicted octanol–water partition coefficient (Wildman–Crippen LogP) is 8.28. The first kappa shape index (κ1) is 26.5. The van der Waals surface area contributed by atoms with Crippen LogP contribution in [-0.4, -0.2) is 27.8 Å². The highest BCUT2D eigenvalue weighted by molar-refractivity contribution is 7.99. The molecule has 6 rings (SSSR count). The minimum Gasteiger partial charge on any atom is -0.453 e. The summed E-state index contributed by atoms with van der Waals surface area (Å²) in [7, 11) is 0. The Kier molecular flexibility index (Phi) is 6.88. The molecular formula is C31H28F3N3O2S. The van der Waals surface area contributed by atoms with E-state index < -0.39 is 22.9 Å². The average molecular weight is 564 g/mol. The quantitative estimate of drug-likeness (QED) is 0.196. The summed E-state index contributed by atoms with van der Waals surface area (Å²) in [6, 6.07) is 12.0. The van der Waals surface area contributed by atoms with E-state index in [-0.39, 0.29) is 22.6 Å². The minimum absolute atomic E-state index is 0.0701. The summed E-state index contributed by atoms with van der Waals surface area (Å²) in [4.78, 5) is 11.0. The topological polar surface area (TPSA) is 62.9 Å². The van der Waals surface area contributed by atoms with Crippen LogP contribution in [0.15, 0.2) is 59.8 Å². The summed E-state index contributed by atoms with van der Waals surface area (Å²) in [5.41, 5.74) is 4.13. The summed E-state index contributed by atoms with van der Waals surface area (Å²) in [6.45, 7) is 5.25. The number of aromatic amines is 2. The summed E-state index contributed by atoms with van der Waals surface area (Å²) >= 11 is 1.24. The van der Waals surface area contributed by atoms with Crippen molar-refractivity contribution in [3.8, 4) is 22.9 Å². The van der Waals surface area contributed by atoms with Crippen molar-refractivity contribution in [1.29, 1.82) is 0 Å². The number of H-pyrrole nitrogens is 2. The summed E-state index contributed by atoms with van der Waals surface area (Å²) in [6.07, 6.45) is 7.00. The molecule has 0 saturated heterocycles. The molecule has 1 atom stereocenters. The van der Waals surface area contributed by atoms with Gasteiger partial charge < -0.3 is 19.4 Å². The van der Waals surface area contributed by atoms with Crippen LogP contribution >= 0.6 is 11.8 Å². The van der Waals surface area contributed by atoms with E-state index in [0.29, 0.717) is 29.3 Å². The molecule has 3 aromatic carbocycles. The van der Waals surface area contributed by atoms with Gasteiger partial charge in [-0.05, 0) is 60.6 Å². The van der Waals surface area contributed by atoms with E-state index in [4.69, 9.17) is 9.47 Å². The molecule has 0 fully saturated rings. The monoisotopic (exact) mass is 563 g/mol. The Morgan fingerprint density at radius 3 is 2.77 bits per heavy atom. The van der Waals surface area contributed by atoms with Crippen molar-refractivity contribution in [3.63, 3.8) is 0 Å². The highest BCUT2D eigenvalue weighted by Gasteiger charge is 2.37. The molecule has 9 heteroatoms. The fraction of sp³-hybridized carbons (Fsp3) is 0.258. The molecule has 1 aliphatic heterocycles. The van der Waals surface area contributed by atoms with Crippen LogP contribution in [-0.2, 0) is 23.2 Å². The number of imidazole rings is 1. The zero-order valence-electron chi connectivity index (χ0n) is 22.3. The molecule has 2 aromatic heterocycles. The van der Waals surface area contributed by atoms with Crippen molar-refractivity contribution in [3.05, 3.63) is 94.7 Å². The fourth-order valence-electron chi connectivity index (χ4n) is 5.55. The van der Waals surface area contributed by atoms with Crippen molar-refractivity contribution in [2.75, 3.05) is 12.9 Å². The Morgan fingerprint density at radius 2 is 1.98 bits per heavy atom. The van der Waals surface area contributed by atoms with Crippen molar-refractivity contribution >= 4 is 22.7 Å². The molecule has 3 heterocycles. The van der Waals surface area contributed by atoms with Crippen molar-refractivity contribution in [2.45, 2.75) is 43.6 Å². The standard InChI is InChI=1S/C31H28F3N3O2S/c1-4-6-17-7-5-8-22-21(17)15-38-16-31(22,2)24-14-36-30(37-24)20-13-18(9-10-23(20)32)39-28-26(34)25(33)27-19(11-12-35-27)29(28)40-3/h5,7-14,35H,4,6,15-16H2,1-3H3,(H,36,37)/t31-/m0/s1. The second-order valence-electron chi connectivity index (χ2n) is 10.2. The van der Waals surface area contributed by atoms with Gasteiger partial charge in [0.25, 0.3) is 0 Å². The van der Waals surface area contributed by atoms with Gasteiger partial charge in [0.2, 0.25) is 5.82 Å². The van der Waals surface area contributed by atoms with Crippen LogP contribution in [0.1, 0.15) is 42.7 Å². The molecule has 0 radical (unpaired) electrons. The van der Waals surface area contributed by atoms with Crippen LogP contribution in [0.2, 0.25) is 0 Å². The normalized spacial score (nSPS) is 16.9. The lowest BCUT2D eigenvalue weighted by Crippen LogP contribution is -2.35. The summed E-state index contributed by atoms with van der Waals surface area (Å²) < 4.78 is 56.8. The summed E-state index contributed by atoms with van der Waals surface area (Å²) in [5, 5.41) is 0.504. The SMILES string of the molecule is CCCc1cccc2c1COC[C@]2(C)c1cnc(-c2cc(Oc3c(F)c(F)c4[nH]ccc4c3SC)ccc2F)[nH]1. The van der Waals surface area contributed by atoms with E-state index in [1.807, 2.05) is 0 Å². The number of aromatic nitrogens is 3. The third-order valence-electron chi connectivity index (χ3n) is 7.62. The molecular weight excluding hydrogens is 535 g/mol. The molecule has 0 aliphatic carbocycles. The zero-order chi connectivity index (χ0) is 28.0. The van der Waals surface area contributed by atoms with Crippen LogP contribution in [0, 0.1) is 17.5 Å². The van der Waals surface area contributed by atoms with Gasteiger partial charge in [-0.1, -0.05) is 31.5 Å². The van der Waals surface area contributed by atoms with Crippen molar-refractivity contribution in [2.24, 2.45) is 0 Å². The number of hydrogen-bond donors (Lipinski definition) is 2. The molecule has 40 heavy (non-hydrogen) atoms. The third-order valence-corrected chi connectivity index (χ3v) is 8.43. The van der Waals surface area contributed by atoms with Gasteiger partial charge in [0, 0.05) is 23.5 Å². The maximum atomic E-state index is 15.1. The van der Waals surface area contributed by atoms with Gasteiger partial charge in [-0.3, -0.25) is 0 Å². The molecule has 5 nitrogen and oxygen atoms in total. The first-order valence-electron chi connectivity index (χ1n) is 13.1. The second-order valence-corrected chi connectivity index (χ2v) is 11.0. The number of nitrogens with one attached hydrogen (secondary N) is 2. The van der Waals surface area contributed by atoms with Gasteiger partial charge in [0.05, 0.1) is 34.6 Å². The molecule has 2 N–H and O–H groups in total. The van der Waals surface area contributed by atoms with Crippen LogP contribution < -0.4 is 4.74 Å². The van der Waals surface area contributed by atoms with Crippen molar-refractivity contribution < 1.29 is 22.6 Å². The number of halogens is 3. The smallest absolute Gasteiger partial charge is 0.204 e. The maximum absolute atomic E-state index is 15.1. The number of aryl methyl sites for hydroxylation is 1. The lowest BCUT2D eigenvalue weighted by Gasteiger charge is -2.36. The van der Waals surface area contributed by atoms with Crippen molar-refractivity contribution in [1.82, 2.24) is 15.0 Å². The number of nitrogens with zero attached hydrogens (tertiary/aromatic N) is 1. The molecule has 0 unspecified atom stereocenters. The van der Waals surface area contributed by atoms with E-state index in [2.05, 4.69) is 47.0 Å². The molecule has 0 amide bonds. The molecule has 0 spiro atoms. The predicted molar refractivity (Wildman–Crippen MR) is 151 cm³/mol. The lowest BCUT2D eigenvalue weighted by atomic mass is 9.75. The van der Waals surface area contributed by atoms with Crippen LogP contribution in [0.4, 0.5) is 13.2 Å². The molecule has 0 saturated carbocycles. The summed E-state index contributed by atoms with van der Waals surface area (Å²) in [5.74, 6) is -2.47. The highest BCUT2D eigenvalue weighted by Crippen LogP contribution is 2.43. The van der Waals surface area contributed by atoms with Gasteiger partial charge in [0.1, 0.15) is 17.4 Å². The Morgan fingerprint density at radius 1 is 1.12 bits per heavy atom. The van der Waals surface area contributed by atoms with Gasteiger partial charge in [-0.25, -0.2) is 13.8 Å². The molecule has 1 aliphatic rings. The zero-order valence-corrected chi connectivity index (χ0v) is 23.1. The Balaban J connectivity index is 1.37. The van der Waals surface area contributed by atoms with Crippen LogP contribution in [0.25, 0.3) is 22.3 Å². The van der Waals surface area contributed by atoms with E-state index in [1.165, 1.54) is 46.7 Å². The first-order valence-corrected chi connectivity index (χ1v) is 14.3. The Labute approximate surface area is 234 Å². The maximum Gasteiger partial charge on any atom is 0.204 e. The molecule has 206 valence electrons. The molecule has 0 bridgehead atoms. The second kappa shape index (κ2) is 10.4. The first-order chi connectivity index (χ1) is 19.4. The van der Waals surface area contributed by atoms with Gasteiger partial charge in [-0.15, -0.1) is 11.8 Å². The number of benzene rings is 3. The number of fused-ring (bicyclic) bond motifs is 2. The van der Waals surface area contributed by atoms with E-state index in [1.54, 1.807) is 24.7 Å². The number of ether oxygens (including phenoxy) is 2. The number of hydrogen-bond acceptors (Lipinski definition) is 4. The van der Waals surface area contributed by atoms with Gasteiger partial charge >= 0.3 is 0 Å². The van der Waals surface area contributed by atoms with E-state index >= 15 is 8.78 Å². The van der Waals surface area contributed by atoms with Crippen LogP contribution in [0.5, 0.6) is 11.5 Å². The number of rotatable bonds is 7. The van der Waals surface area contributed by atoms with Gasteiger partial charge in [0.15, 0.2) is 11.6 Å². The largest absolute Gasteiger partial charge is 0.453 e. The van der Waals surface area contributed by atoms with E-state index in [9.17, 15) is 4.39 Å². The van der Waals surface area contributed by atoms with E-state index in [0.717, 1.165) is 18.5 Å². The fourth-order valence-corrected chi connectivity index (χ4v) is 6.26. The Bertz CT molecular complexity index is 1730. The highest BCUT2D eigenvalue weighted by atomic mass is 32.2. The van der Waals surface area contributed by atoms with Gasteiger partial charge in [-0.2, -0.15) is 4.39 Å². The Hall–Kier alpha value is -3.69. The molecule has 5 aromatic rings. The number of thioether (sulfide) groups is 1. The van der Waals surface area contributed by atoms with Crippen LogP contribution in [0.3, 0.4) is 0 Å². The lowest BCUT2D eigenvalue weighted by molar-refractivity contribution is 0.0694.